The van der Waals surface area contributed by atoms with Crippen molar-refractivity contribution >= 4 is 17.5 Å². The minimum atomic E-state index is -4.49. The Morgan fingerprint density at radius 1 is 1.32 bits per heavy atom. The van der Waals surface area contributed by atoms with Crippen LogP contribution in [-0.2, 0) is 22.2 Å². The van der Waals surface area contributed by atoms with E-state index < -0.39 is 17.8 Å². The van der Waals surface area contributed by atoms with Crippen LogP contribution in [-0.4, -0.2) is 40.9 Å². The molecule has 0 spiro atoms. The molecular weight excluding hydrogens is 415 g/mol. The fourth-order valence-corrected chi connectivity index (χ4v) is 3.71. The topological polar surface area (TPSA) is 80.8 Å². The minimum absolute atomic E-state index is 0.0155. The van der Waals surface area contributed by atoms with Gasteiger partial charge in [-0.05, 0) is 25.5 Å². The number of aromatic nitrogens is 1. The van der Waals surface area contributed by atoms with Crippen LogP contribution in [0.4, 0.5) is 18.9 Å². The van der Waals surface area contributed by atoms with Crippen molar-refractivity contribution in [3.8, 4) is 17.4 Å². The Bertz CT molecular complexity index is 1020. The predicted octanol–water partition coefficient (Wildman–Crippen LogP) is 3.78. The van der Waals surface area contributed by atoms with Crippen LogP contribution in [0, 0.1) is 0 Å². The van der Waals surface area contributed by atoms with E-state index in [9.17, 15) is 22.8 Å². The molecule has 2 atom stereocenters. The molecule has 1 unspecified atom stereocenters. The summed E-state index contributed by atoms with van der Waals surface area (Å²) >= 11 is 0. The molecule has 2 aliphatic rings. The van der Waals surface area contributed by atoms with Crippen LogP contribution in [0.1, 0.15) is 30.9 Å². The number of benzene rings is 1. The van der Waals surface area contributed by atoms with Crippen LogP contribution in [0.15, 0.2) is 30.5 Å². The third kappa shape index (κ3) is 4.28. The molecule has 3 heterocycles. The van der Waals surface area contributed by atoms with Crippen LogP contribution in [0.3, 0.4) is 0 Å². The molecule has 2 aromatic rings. The molecule has 0 radical (unpaired) electrons. The number of carbonyl (C=O) groups is 2. The lowest BCUT2D eigenvalue weighted by Crippen LogP contribution is -2.38. The lowest BCUT2D eigenvalue weighted by atomic mass is 10.1. The highest BCUT2D eigenvalue weighted by molar-refractivity contribution is 6.00. The van der Waals surface area contributed by atoms with Crippen molar-refractivity contribution in [1.82, 2.24) is 9.88 Å². The standard InChI is InChI=1S/C21H20F3N3O4/c1-11-7-12-8-14(31-17-5-3-13(10-25-17)21(22,23)24)9-15(19(12)30-11)26-20(29)16-4-6-18(28)27(16)2/h3,5,8-11,16H,4,6-7H2,1-2H3,(H,26,29)/t11?,16-/m1/s1. The van der Waals surface area contributed by atoms with Gasteiger partial charge in [-0.3, -0.25) is 9.59 Å². The molecule has 0 saturated carbocycles. The Kier molecular flexibility index (Phi) is 5.24. The maximum atomic E-state index is 12.7. The van der Waals surface area contributed by atoms with Crippen molar-refractivity contribution in [1.29, 1.82) is 0 Å². The van der Waals surface area contributed by atoms with Gasteiger partial charge in [0.15, 0.2) is 0 Å². The highest BCUT2D eigenvalue weighted by Gasteiger charge is 2.34. The summed E-state index contributed by atoms with van der Waals surface area (Å²) in [6.45, 7) is 1.88. The van der Waals surface area contributed by atoms with Crippen molar-refractivity contribution in [2.24, 2.45) is 0 Å². The van der Waals surface area contributed by atoms with Crippen LogP contribution in [0.25, 0.3) is 0 Å². The summed E-state index contributed by atoms with van der Waals surface area (Å²) in [5.74, 6) is 0.359. The average molecular weight is 435 g/mol. The van der Waals surface area contributed by atoms with Gasteiger partial charge in [-0.1, -0.05) is 0 Å². The van der Waals surface area contributed by atoms with Crippen molar-refractivity contribution in [2.45, 2.75) is 44.5 Å². The summed E-state index contributed by atoms with van der Waals surface area (Å²) in [6.07, 6.45) is -2.59. The van der Waals surface area contributed by atoms with E-state index in [0.29, 0.717) is 42.6 Å². The first-order valence-corrected chi connectivity index (χ1v) is 9.73. The molecular formula is C21H20F3N3O4. The number of pyridine rings is 1. The molecule has 4 rings (SSSR count). The summed E-state index contributed by atoms with van der Waals surface area (Å²) in [4.78, 5) is 29.6. The normalized spacial score (nSPS) is 20.4. The molecule has 2 amide bonds. The van der Waals surface area contributed by atoms with E-state index in [-0.39, 0.29) is 23.8 Å². The van der Waals surface area contributed by atoms with E-state index in [2.05, 4.69) is 10.3 Å². The molecule has 0 aliphatic carbocycles. The molecule has 2 aliphatic heterocycles. The lowest BCUT2D eigenvalue weighted by molar-refractivity contribution is -0.137. The van der Waals surface area contributed by atoms with Gasteiger partial charge >= 0.3 is 6.18 Å². The second-order valence-corrected chi connectivity index (χ2v) is 7.62. The molecule has 0 bridgehead atoms. The number of hydrogen-bond acceptors (Lipinski definition) is 5. The Hall–Kier alpha value is -3.30. The number of rotatable bonds is 4. The Morgan fingerprint density at radius 2 is 2.10 bits per heavy atom. The van der Waals surface area contributed by atoms with Gasteiger partial charge in [-0.25, -0.2) is 4.98 Å². The van der Waals surface area contributed by atoms with Crippen molar-refractivity contribution < 1.29 is 32.2 Å². The maximum Gasteiger partial charge on any atom is 0.417 e. The summed E-state index contributed by atoms with van der Waals surface area (Å²) in [6, 6.07) is 4.68. The van der Waals surface area contributed by atoms with E-state index in [1.54, 1.807) is 13.1 Å². The fraction of sp³-hybridized carbons (Fsp3) is 0.381. The summed E-state index contributed by atoms with van der Waals surface area (Å²) in [5, 5.41) is 2.80. The number of carbonyl (C=O) groups excluding carboxylic acids is 2. The molecule has 10 heteroatoms. The number of hydrogen-bond donors (Lipinski definition) is 1. The first-order chi connectivity index (χ1) is 14.6. The average Bonchev–Trinajstić information content (AvgIpc) is 3.23. The highest BCUT2D eigenvalue weighted by atomic mass is 19.4. The molecule has 1 fully saturated rings. The second kappa shape index (κ2) is 7.75. The number of nitrogens with one attached hydrogen (secondary N) is 1. The zero-order valence-corrected chi connectivity index (χ0v) is 16.8. The Morgan fingerprint density at radius 3 is 2.71 bits per heavy atom. The lowest BCUT2D eigenvalue weighted by Gasteiger charge is -2.20. The zero-order chi connectivity index (χ0) is 22.3. The van der Waals surface area contributed by atoms with Gasteiger partial charge in [-0.15, -0.1) is 0 Å². The van der Waals surface area contributed by atoms with Gasteiger partial charge < -0.3 is 19.7 Å². The van der Waals surface area contributed by atoms with Crippen molar-refractivity contribution in [2.75, 3.05) is 12.4 Å². The van der Waals surface area contributed by atoms with E-state index in [1.165, 1.54) is 11.0 Å². The number of fused-ring (bicyclic) bond motifs is 1. The van der Waals surface area contributed by atoms with E-state index in [4.69, 9.17) is 9.47 Å². The Balaban J connectivity index is 1.58. The molecule has 1 saturated heterocycles. The predicted molar refractivity (Wildman–Crippen MR) is 104 cm³/mol. The Labute approximate surface area is 176 Å². The number of likely N-dealkylation sites (N-methyl/N-ethyl adjacent to an activating group) is 1. The minimum Gasteiger partial charge on any atom is -0.488 e. The van der Waals surface area contributed by atoms with Gasteiger partial charge in [0.2, 0.25) is 17.7 Å². The van der Waals surface area contributed by atoms with Crippen LogP contribution >= 0.6 is 0 Å². The fourth-order valence-electron chi connectivity index (χ4n) is 3.71. The molecule has 1 aromatic carbocycles. The van der Waals surface area contributed by atoms with Crippen LogP contribution in [0.5, 0.6) is 17.4 Å². The highest BCUT2D eigenvalue weighted by Crippen LogP contribution is 2.41. The van der Waals surface area contributed by atoms with Gasteiger partial charge in [0.25, 0.3) is 0 Å². The van der Waals surface area contributed by atoms with Crippen molar-refractivity contribution in [3.63, 3.8) is 0 Å². The molecule has 1 aromatic heterocycles. The van der Waals surface area contributed by atoms with E-state index >= 15 is 0 Å². The summed E-state index contributed by atoms with van der Waals surface area (Å²) in [7, 11) is 1.58. The van der Waals surface area contributed by atoms with E-state index in [0.717, 1.165) is 17.7 Å². The molecule has 7 nitrogen and oxygen atoms in total. The number of anilines is 1. The van der Waals surface area contributed by atoms with Crippen molar-refractivity contribution in [3.05, 3.63) is 41.6 Å². The molecule has 31 heavy (non-hydrogen) atoms. The third-order valence-electron chi connectivity index (χ3n) is 5.30. The molecule has 164 valence electrons. The summed E-state index contributed by atoms with van der Waals surface area (Å²) < 4.78 is 49.6. The van der Waals surface area contributed by atoms with Gasteiger partial charge in [-0.2, -0.15) is 13.2 Å². The van der Waals surface area contributed by atoms with Gasteiger partial charge in [0, 0.05) is 43.8 Å². The number of amides is 2. The first-order valence-electron chi connectivity index (χ1n) is 9.73. The zero-order valence-electron chi connectivity index (χ0n) is 16.8. The summed E-state index contributed by atoms with van der Waals surface area (Å²) in [5.41, 5.74) is 0.295. The SMILES string of the molecule is CC1Cc2cc(Oc3ccc(C(F)(F)F)cn3)cc(NC(=O)[C@H]3CCC(=O)N3C)c2O1. The maximum absolute atomic E-state index is 12.7. The van der Waals surface area contributed by atoms with Crippen LogP contribution in [0.2, 0.25) is 0 Å². The largest absolute Gasteiger partial charge is 0.488 e. The first kappa shape index (κ1) is 21.0. The smallest absolute Gasteiger partial charge is 0.417 e. The number of likely N-dealkylation sites (tertiary alicyclic amines) is 1. The van der Waals surface area contributed by atoms with E-state index in [1.807, 2.05) is 6.92 Å². The monoisotopic (exact) mass is 435 g/mol. The second-order valence-electron chi connectivity index (χ2n) is 7.62. The van der Waals surface area contributed by atoms with Crippen LogP contribution < -0.4 is 14.8 Å². The number of alkyl halides is 3. The third-order valence-corrected chi connectivity index (χ3v) is 5.30. The number of nitrogens with zero attached hydrogens (tertiary/aromatic N) is 2. The van der Waals surface area contributed by atoms with Gasteiger partial charge in [0.05, 0.1) is 11.3 Å². The molecule has 1 N–H and O–H groups in total. The number of halogens is 3. The number of ether oxygens (including phenoxy) is 2. The van der Waals surface area contributed by atoms with Gasteiger partial charge in [0.1, 0.15) is 23.6 Å². The quantitative estimate of drug-likeness (QED) is 0.791.